The van der Waals surface area contributed by atoms with E-state index in [1.54, 1.807) is 10.7 Å². The second kappa shape index (κ2) is 4.61. The van der Waals surface area contributed by atoms with Crippen molar-refractivity contribution in [2.45, 2.75) is 27.2 Å². The van der Waals surface area contributed by atoms with Crippen LogP contribution in [0.25, 0.3) is 5.69 Å². The van der Waals surface area contributed by atoms with Crippen molar-refractivity contribution in [1.29, 1.82) is 5.26 Å². The second-order valence-corrected chi connectivity index (χ2v) is 4.19. The molecule has 2 aromatic rings. The predicted molar refractivity (Wildman–Crippen MR) is 67.1 cm³/mol. The summed E-state index contributed by atoms with van der Waals surface area (Å²) in [6, 6.07) is 6.18. The zero-order valence-corrected chi connectivity index (χ0v) is 10.7. The lowest BCUT2D eigenvalue weighted by atomic mass is 10.1. The van der Waals surface area contributed by atoms with E-state index in [9.17, 15) is 4.39 Å². The molecule has 1 aromatic carbocycles. The van der Waals surface area contributed by atoms with Crippen LogP contribution in [0.1, 0.15) is 29.4 Å². The first-order valence-electron chi connectivity index (χ1n) is 5.83. The Morgan fingerprint density at radius 2 is 2.11 bits per heavy atom. The van der Waals surface area contributed by atoms with Crippen LogP contribution in [0.4, 0.5) is 4.39 Å². The van der Waals surface area contributed by atoms with E-state index in [4.69, 9.17) is 5.26 Å². The van der Waals surface area contributed by atoms with Crippen LogP contribution < -0.4 is 0 Å². The summed E-state index contributed by atoms with van der Waals surface area (Å²) in [5, 5.41) is 13.5. The zero-order valence-electron chi connectivity index (χ0n) is 10.7. The molecule has 3 nitrogen and oxygen atoms in total. The van der Waals surface area contributed by atoms with Crippen LogP contribution in [0.5, 0.6) is 0 Å². The molecule has 0 fully saturated rings. The predicted octanol–water partition coefficient (Wildman–Crippen LogP) is 3.06. The Kier molecular flexibility index (Phi) is 3.15. The van der Waals surface area contributed by atoms with Crippen molar-refractivity contribution >= 4 is 0 Å². The average molecular weight is 243 g/mol. The highest BCUT2D eigenvalue weighted by Crippen LogP contribution is 2.21. The summed E-state index contributed by atoms with van der Waals surface area (Å²) in [7, 11) is 0. The molecule has 0 aliphatic heterocycles. The molecule has 0 unspecified atom stereocenters. The van der Waals surface area contributed by atoms with Crippen LogP contribution in [0.15, 0.2) is 18.2 Å². The lowest BCUT2D eigenvalue weighted by Gasteiger charge is -2.07. The minimum Gasteiger partial charge on any atom is -0.236 e. The molecule has 0 bridgehead atoms. The first-order valence-corrected chi connectivity index (χ1v) is 5.83. The van der Waals surface area contributed by atoms with Crippen LogP contribution in [0.2, 0.25) is 0 Å². The SMILES string of the molecule is CCc1c(C)nn(-c2ccc(F)cc2C#N)c1C. The molecule has 92 valence electrons. The van der Waals surface area contributed by atoms with Crippen LogP contribution in [-0.2, 0) is 6.42 Å². The number of aromatic nitrogens is 2. The number of benzene rings is 1. The number of nitrogens with zero attached hydrogens (tertiary/aromatic N) is 3. The number of rotatable bonds is 2. The molecular weight excluding hydrogens is 229 g/mol. The fraction of sp³-hybridized carbons (Fsp3) is 0.286. The van der Waals surface area contributed by atoms with Crippen LogP contribution >= 0.6 is 0 Å². The van der Waals surface area contributed by atoms with E-state index in [1.807, 2.05) is 19.9 Å². The maximum absolute atomic E-state index is 13.1. The standard InChI is InChI=1S/C14H14FN3/c1-4-13-9(2)17-18(10(13)3)14-6-5-12(15)7-11(14)8-16/h5-7H,4H2,1-3H3. The minimum absolute atomic E-state index is 0.295. The molecule has 2 rings (SSSR count). The molecule has 0 N–H and O–H groups in total. The molecule has 0 aliphatic rings. The fourth-order valence-corrected chi connectivity index (χ4v) is 2.20. The van der Waals surface area contributed by atoms with Gasteiger partial charge in [-0.25, -0.2) is 9.07 Å². The van der Waals surface area contributed by atoms with E-state index in [-0.39, 0.29) is 0 Å². The monoisotopic (exact) mass is 243 g/mol. The third kappa shape index (κ3) is 1.88. The Morgan fingerprint density at radius 3 is 2.67 bits per heavy atom. The largest absolute Gasteiger partial charge is 0.236 e. The van der Waals surface area contributed by atoms with Crippen LogP contribution in [0.3, 0.4) is 0 Å². The first-order chi connectivity index (χ1) is 8.58. The summed E-state index contributed by atoms with van der Waals surface area (Å²) in [5.74, 6) is -0.410. The van der Waals surface area contributed by atoms with Crippen molar-refractivity contribution < 1.29 is 4.39 Å². The number of nitriles is 1. The van der Waals surface area contributed by atoms with Gasteiger partial charge in [0, 0.05) is 5.69 Å². The molecule has 1 aromatic heterocycles. The van der Waals surface area contributed by atoms with Gasteiger partial charge in [0.2, 0.25) is 0 Å². The van der Waals surface area contributed by atoms with Gasteiger partial charge in [-0.05, 0) is 44.0 Å². The number of hydrogen-bond donors (Lipinski definition) is 0. The molecular formula is C14H14FN3. The van der Waals surface area contributed by atoms with Gasteiger partial charge in [-0.1, -0.05) is 6.92 Å². The van der Waals surface area contributed by atoms with E-state index in [1.165, 1.54) is 17.7 Å². The molecule has 0 aliphatic carbocycles. The molecule has 0 radical (unpaired) electrons. The summed E-state index contributed by atoms with van der Waals surface area (Å²) < 4.78 is 14.8. The summed E-state index contributed by atoms with van der Waals surface area (Å²) >= 11 is 0. The van der Waals surface area contributed by atoms with Crippen molar-refractivity contribution in [1.82, 2.24) is 9.78 Å². The highest BCUT2D eigenvalue weighted by atomic mass is 19.1. The van der Waals surface area contributed by atoms with Gasteiger partial charge in [0.05, 0.1) is 16.9 Å². The Morgan fingerprint density at radius 1 is 1.39 bits per heavy atom. The van der Waals surface area contributed by atoms with Crippen LogP contribution in [0, 0.1) is 31.0 Å². The summed E-state index contributed by atoms with van der Waals surface area (Å²) in [6.07, 6.45) is 0.890. The van der Waals surface area contributed by atoms with Crippen molar-refractivity contribution in [3.8, 4) is 11.8 Å². The Hall–Kier alpha value is -2.15. The Balaban J connectivity index is 2.67. The minimum atomic E-state index is -0.410. The highest BCUT2D eigenvalue weighted by Gasteiger charge is 2.14. The molecule has 0 saturated heterocycles. The maximum Gasteiger partial charge on any atom is 0.124 e. The van der Waals surface area contributed by atoms with Gasteiger partial charge >= 0.3 is 0 Å². The van der Waals surface area contributed by atoms with Gasteiger partial charge in [0.25, 0.3) is 0 Å². The molecule has 0 spiro atoms. The molecule has 0 amide bonds. The fourth-order valence-electron chi connectivity index (χ4n) is 2.20. The van der Waals surface area contributed by atoms with Crippen molar-refractivity contribution in [3.05, 3.63) is 46.5 Å². The Bertz CT molecular complexity index is 635. The van der Waals surface area contributed by atoms with Crippen molar-refractivity contribution in [2.24, 2.45) is 0 Å². The lowest BCUT2D eigenvalue weighted by molar-refractivity contribution is 0.626. The summed E-state index contributed by atoms with van der Waals surface area (Å²) in [5.41, 5.74) is 4.03. The smallest absolute Gasteiger partial charge is 0.124 e. The second-order valence-electron chi connectivity index (χ2n) is 4.19. The third-order valence-electron chi connectivity index (χ3n) is 3.10. The van der Waals surface area contributed by atoms with Gasteiger partial charge in [0.1, 0.15) is 11.9 Å². The van der Waals surface area contributed by atoms with Crippen molar-refractivity contribution in [3.63, 3.8) is 0 Å². The maximum atomic E-state index is 13.1. The normalized spacial score (nSPS) is 10.4. The molecule has 0 saturated carbocycles. The van der Waals surface area contributed by atoms with E-state index in [2.05, 4.69) is 12.0 Å². The van der Waals surface area contributed by atoms with Gasteiger partial charge in [-0.2, -0.15) is 10.4 Å². The van der Waals surface area contributed by atoms with Gasteiger partial charge in [-0.15, -0.1) is 0 Å². The molecule has 0 atom stereocenters. The molecule has 1 heterocycles. The molecule has 18 heavy (non-hydrogen) atoms. The van der Waals surface area contributed by atoms with E-state index in [0.717, 1.165) is 17.8 Å². The van der Waals surface area contributed by atoms with E-state index >= 15 is 0 Å². The lowest BCUT2D eigenvalue weighted by Crippen LogP contribution is -2.02. The topological polar surface area (TPSA) is 41.6 Å². The average Bonchev–Trinajstić information content (AvgIpc) is 2.64. The van der Waals surface area contributed by atoms with E-state index in [0.29, 0.717) is 11.3 Å². The van der Waals surface area contributed by atoms with Gasteiger partial charge in [0.15, 0.2) is 0 Å². The van der Waals surface area contributed by atoms with Gasteiger partial charge < -0.3 is 0 Å². The quantitative estimate of drug-likeness (QED) is 0.813. The first kappa shape index (κ1) is 12.3. The van der Waals surface area contributed by atoms with Crippen LogP contribution in [-0.4, -0.2) is 9.78 Å². The van der Waals surface area contributed by atoms with Crippen molar-refractivity contribution in [2.75, 3.05) is 0 Å². The third-order valence-corrected chi connectivity index (χ3v) is 3.10. The van der Waals surface area contributed by atoms with Gasteiger partial charge in [-0.3, -0.25) is 0 Å². The molecule has 4 heteroatoms. The summed E-state index contributed by atoms with van der Waals surface area (Å²) in [6.45, 7) is 5.97. The van der Waals surface area contributed by atoms with E-state index < -0.39 is 5.82 Å². The number of aryl methyl sites for hydroxylation is 1. The highest BCUT2D eigenvalue weighted by molar-refractivity contribution is 5.50. The summed E-state index contributed by atoms with van der Waals surface area (Å²) in [4.78, 5) is 0. The zero-order chi connectivity index (χ0) is 13.3. The number of hydrogen-bond acceptors (Lipinski definition) is 2. The number of halogens is 1. The Labute approximate surface area is 105 Å².